The van der Waals surface area contributed by atoms with E-state index in [9.17, 15) is 16.8 Å². The standard InChI is InChI=1S/C14H16ClN3O4S2/c1-18(9-10-5-3-2-4-6-10)24(21,22)13-8-14(23(17,19)20)12(16)7-11(13)15/h2-8H,9,16H2,1H3,(H2,17,19,20). The topological polar surface area (TPSA) is 124 Å². The van der Waals surface area contributed by atoms with Crippen molar-refractivity contribution in [2.75, 3.05) is 12.8 Å². The summed E-state index contributed by atoms with van der Waals surface area (Å²) in [4.78, 5) is -0.862. The molecule has 0 radical (unpaired) electrons. The zero-order valence-corrected chi connectivity index (χ0v) is 15.1. The SMILES string of the molecule is CN(Cc1ccccc1)S(=O)(=O)c1cc(S(N)(=O)=O)c(N)cc1Cl. The van der Waals surface area contributed by atoms with Crippen LogP contribution in [-0.4, -0.2) is 28.2 Å². The Hall–Kier alpha value is -1.65. The first kappa shape index (κ1) is 18.7. The van der Waals surface area contributed by atoms with Crippen molar-refractivity contribution in [2.45, 2.75) is 16.3 Å². The van der Waals surface area contributed by atoms with Gasteiger partial charge in [0.2, 0.25) is 20.0 Å². The van der Waals surface area contributed by atoms with Crippen LogP contribution in [0.2, 0.25) is 5.02 Å². The molecule has 0 unspecified atom stereocenters. The number of halogens is 1. The van der Waals surface area contributed by atoms with Gasteiger partial charge in [-0.1, -0.05) is 41.9 Å². The third kappa shape index (κ3) is 3.87. The first-order valence-electron chi connectivity index (χ1n) is 6.65. The Bertz CT molecular complexity index is 961. The van der Waals surface area contributed by atoms with Crippen LogP contribution in [0, 0.1) is 0 Å². The van der Waals surface area contributed by atoms with Gasteiger partial charge < -0.3 is 5.73 Å². The Labute approximate surface area is 145 Å². The van der Waals surface area contributed by atoms with E-state index in [0.29, 0.717) is 0 Å². The van der Waals surface area contributed by atoms with Crippen LogP contribution in [0.1, 0.15) is 5.56 Å². The van der Waals surface area contributed by atoms with Gasteiger partial charge >= 0.3 is 0 Å². The van der Waals surface area contributed by atoms with Crippen LogP contribution in [0.4, 0.5) is 5.69 Å². The Balaban J connectivity index is 2.49. The van der Waals surface area contributed by atoms with Crippen molar-refractivity contribution in [1.82, 2.24) is 4.31 Å². The van der Waals surface area contributed by atoms with Crippen LogP contribution in [0.5, 0.6) is 0 Å². The van der Waals surface area contributed by atoms with E-state index in [0.717, 1.165) is 22.0 Å². The van der Waals surface area contributed by atoms with Gasteiger partial charge in [-0.05, 0) is 17.7 Å². The molecular weight excluding hydrogens is 374 g/mol. The van der Waals surface area contributed by atoms with E-state index >= 15 is 0 Å². The summed E-state index contributed by atoms with van der Waals surface area (Å²) >= 11 is 5.96. The zero-order chi connectivity index (χ0) is 18.1. The number of nitrogens with two attached hydrogens (primary N) is 2. The summed E-state index contributed by atoms with van der Waals surface area (Å²) in [6.45, 7) is 0.0919. The molecule has 0 atom stereocenters. The molecule has 0 amide bonds. The van der Waals surface area contributed by atoms with Crippen LogP contribution >= 0.6 is 11.6 Å². The second-order valence-electron chi connectivity index (χ2n) is 5.11. The summed E-state index contributed by atoms with van der Waals surface area (Å²) < 4.78 is 49.6. The van der Waals surface area contributed by atoms with E-state index < -0.39 is 24.9 Å². The first-order valence-corrected chi connectivity index (χ1v) is 10.0. The number of nitrogen functional groups attached to an aromatic ring is 1. The van der Waals surface area contributed by atoms with Crippen LogP contribution in [0.3, 0.4) is 0 Å². The summed E-state index contributed by atoms with van der Waals surface area (Å²) in [6.07, 6.45) is 0. The average molecular weight is 390 g/mol. The molecule has 24 heavy (non-hydrogen) atoms. The lowest BCUT2D eigenvalue weighted by molar-refractivity contribution is 0.466. The molecule has 2 aromatic carbocycles. The lowest BCUT2D eigenvalue weighted by Gasteiger charge is -2.19. The number of anilines is 1. The Morgan fingerprint density at radius 2 is 1.62 bits per heavy atom. The molecule has 2 rings (SSSR count). The van der Waals surface area contributed by atoms with Gasteiger partial charge in [0.05, 0.1) is 10.7 Å². The number of benzene rings is 2. The lowest BCUT2D eigenvalue weighted by atomic mass is 10.2. The lowest BCUT2D eigenvalue weighted by Crippen LogP contribution is -2.27. The van der Waals surface area contributed by atoms with Crippen molar-refractivity contribution >= 4 is 37.3 Å². The van der Waals surface area contributed by atoms with Gasteiger partial charge in [0.25, 0.3) is 0 Å². The number of sulfonamides is 2. The predicted molar refractivity (Wildman–Crippen MR) is 92.3 cm³/mol. The van der Waals surface area contributed by atoms with Gasteiger partial charge in [-0.15, -0.1) is 0 Å². The highest BCUT2D eigenvalue weighted by molar-refractivity contribution is 7.90. The fourth-order valence-corrected chi connectivity index (χ4v) is 4.52. The number of primary sulfonamides is 1. The quantitative estimate of drug-likeness (QED) is 0.748. The maximum absolute atomic E-state index is 12.7. The summed E-state index contributed by atoms with van der Waals surface area (Å²) in [7, 11) is -6.86. The highest BCUT2D eigenvalue weighted by Gasteiger charge is 2.27. The van der Waals surface area contributed by atoms with Gasteiger partial charge in [-0.25, -0.2) is 22.0 Å². The normalized spacial score (nSPS) is 12.5. The molecule has 0 bridgehead atoms. The van der Waals surface area contributed by atoms with Gasteiger partial charge in [-0.2, -0.15) is 4.31 Å². The van der Waals surface area contributed by atoms with Crippen LogP contribution in [0.25, 0.3) is 0 Å². The van der Waals surface area contributed by atoms with Crippen LogP contribution in [-0.2, 0) is 26.6 Å². The Kier molecular flexibility index (Phi) is 5.21. The van der Waals surface area contributed by atoms with Crippen LogP contribution in [0.15, 0.2) is 52.3 Å². The van der Waals surface area contributed by atoms with Crippen molar-refractivity contribution in [3.63, 3.8) is 0 Å². The fourth-order valence-electron chi connectivity index (χ4n) is 2.09. The predicted octanol–water partition coefficient (Wildman–Crippen LogP) is 1.39. The van der Waals surface area contributed by atoms with E-state index in [1.54, 1.807) is 24.3 Å². The minimum Gasteiger partial charge on any atom is -0.398 e. The molecule has 4 N–H and O–H groups in total. The monoisotopic (exact) mass is 389 g/mol. The maximum atomic E-state index is 12.7. The molecule has 0 fully saturated rings. The average Bonchev–Trinajstić information content (AvgIpc) is 2.46. The molecule has 0 aromatic heterocycles. The minimum absolute atomic E-state index is 0.0919. The number of rotatable bonds is 5. The summed E-state index contributed by atoms with van der Waals surface area (Å²) in [6, 6.07) is 10.9. The van der Waals surface area contributed by atoms with Crippen LogP contribution < -0.4 is 10.9 Å². The van der Waals surface area contributed by atoms with Crippen molar-refractivity contribution < 1.29 is 16.8 Å². The molecule has 0 spiro atoms. The Morgan fingerprint density at radius 1 is 1.04 bits per heavy atom. The molecule has 0 saturated carbocycles. The van der Waals surface area contributed by atoms with Crippen molar-refractivity contribution in [3.05, 3.63) is 53.1 Å². The summed E-state index contributed by atoms with van der Waals surface area (Å²) in [5.41, 5.74) is 6.12. The zero-order valence-electron chi connectivity index (χ0n) is 12.7. The maximum Gasteiger partial charge on any atom is 0.244 e. The summed E-state index contributed by atoms with van der Waals surface area (Å²) in [5, 5.41) is 4.88. The summed E-state index contributed by atoms with van der Waals surface area (Å²) in [5.74, 6) is 0. The largest absolute Gasteiger partial charge is 0.398 e. The molecule has 2 aromatic rings. The second-order valence-corrected chi connectivity index (χ2v) is 9.06. The molecule has 10 heteroatoms. The van der Waals surface area contributed by atoms with E-state index in [4.69, 9.17) is 22.5 Å². The molecule has 0 heterocycles. The number of hydrogen-bond donors (Lipinski definition) is 2. The Morgan fingerprint density at radius 3 is 2.17 bits per heavy atom. The molecule has 7 nitrogen and oxygen atoms in total. The highest BCUT2D eigenvalue weighted by atomic mass is 35.5. The molecule has 130 valence electrons. The second kappa shape index (κ2) is 6.69. The van der Waals surface area contributed by atoms with Gasteiger partial charge in [0.1, 0.15) is 9.79 Å². The highest BCUT2D eigenvalue weighted by Crippen LogP contribution is 2.31. The van der Waals surface area contributed by atoms with E-state index in [-0.39, 0.29) is 22.2 Å². The molecule has 0 aliphatic carbocycles. The van der Waals surface area contributed by atoms with Gasteiger partial charge in [0.15, 0.2) is 0 Å². The van der Waals surface area contributed by atoms with Gasteiger partial charge in [0, 0.05) is 13.6 Å². The molecule has 0 aliphatic heterocycles. The van der Waals surface area contributed by atoms with E-state index in [1.165, 1.54) is 7.05 Å². The fraction of sp³-hybridized carbons (Fsp3) is 0.143. The molecular formula is C14H16ClN3O4S2. The van der Waals surface area contributed by atoms with Crippen molar-refractivity contribution in [1.29, 1.82) is 0 Å². The van der Waals surface area contributed by atoms with Crippen molar-refractivity contribution in [2.24, 2.45) is 5.14 Å². The molecule has 0 saturated heterocycles. The number of hydrogen-bond acceptors (Lipinski definition) is 5. The minimum atomic E-state index is -4.18. The first-order chi connectivity index (χ1) is 11.0. The smallest absolute Gasteiger partial charge is 0.244 e. The number of nitrogens with zero attached hydrogens (tertiary/aromatic N) is 1. The van der Waals surface area contributed by atoms with E-state index in [2.05, 4.69) is 0 Å². The molecule has 0 aliphatic rings. The van der Waals surface area contributed by atoms with Gasteiger partial charge in [-0.3, -0.25) is 0 Å². The third-order valence-corrected chi connectivity index (χ3v) is 6.54. The van der Waals surface area contributed by atoms with E-state index in [1.807, 2.05) is 6.07 Å². The van der Waals surface area contributed by atoms with Crippen molar-refractivity contribution in [3.8, 4) is 0 Å². The third-order valence-electron chi connectivity index (χ3n) is 3.31.